The summed E-state index contributed by atoms with van der Waals surface area (Å²) < 4.78 is 9.56. The van der Waals surface area contributed by atoms with Crippen LogP contribution in [0, 0.1) is 35.5 Å². The summed E-state index contributed by atoms with van der Waals surface area (Å²) in [5.41, 5.74) is 6.16. The molecule has 7 unspecified atom stereocenters. The Morgan fingerprint density at radius 2 is 1.36 bits per heavy atom. The molecule has 1 aromatic heterocycles. The third kappa shape index (κ3) is 8.17. The molecule has 3 fully saturated rings. The van der Waals surface area contributed by atoms with Gasteiger partial charge in [-0.25, -0.2) is 14.6 Å². The van der Waals surface area contributed by atoms with E-state index < -0.39 is 24.3 Å². The van der Waals surface area contributed by atoms with Gasteiger partial charge in [-0.2, -0.15) is 0 Å². The number of aromatic amines is 1. The Morgan fingerprint density at radius 3 is 1.97 bits per heavy atom. The summed E-state index contributed by atoms with van der Waals surface area (Å²) in [6, 6.07) is 2.48. The largest absolute Gasteiger partial charge is 0.453 e. The highest BCUT2D eigenvalue weighted by atomic mass is 16.5. The molecule has 7 atom stereocenters. The summed E-state index contributed by atoms with van der Waals surface area (Å²) >= 11 is 0. The second kappa shape index (κ2) is 17.3. The van der Waals surface area contributed by atoms with Crippen molar-refractivity contribution in [3.05, 3.63) is 52.1 Å². The first-order valence-corrected chi connectivity index (χ1v) is 20.7. The number of H-pyrrole nitrogens is 1. The lowest BCUT2D eigenvalue weighted by Gasteiger charge is -2.34. The number of benzene rings is 1. The van der Waals surface area contributed by atoms with Gasteiger partial charge in [-0.05, 0) is 111 Å². The van der Waals surface area contributed by atoms with E-state index in [2.05, 4.69) is 61.3 Å². The lowest BCUT2D eigenvalue weighted by Crippen LogP contribution is -2.55. The zero-order valence-electron chi connectivity index (χ0n) is 34.7. The van der Waals surface area contributed by atoms with Gasteiger partial charge in [0.1, 0.15) is 35.5 Å². The molecule has 0 spiro atoms. The van der Waals surface area contributed by atoms with Crippen LogP contribution in [0.1, 0.15) is 124 Å². The van der Waals surface area contributed by atoms with Crippen molar-refractivity contribution in [1.29, 1.82) is 0 Å². The van der Waals surface area contributed by atoms with Gasteiger partial charge in [-0.3, -0.25) is 19.5 Å². The predicted octanol–water partition coefficient (Wildman–Crippen LogP) is 4.65. The van der Waals surface area contributed by atoms with E-state index in [0.717, 1.165) is 61.8 Å². The van der Waals surface area contributed by atoms with E-state index in [1.807, 2.05) is 39.6 Å². The van der Waals surface area contributed by atoms with E-state index >= 15 is 0 Å². The maximum atomic E-state index is 13.7. The highest BCUT2D eigenvalue weighted by molar-refractivity contribution is 6.03. The van der Waals surface area contributed by atoms with Gasteiger partial charge < -0.3 is 34.9 Å². The molecule has 14 nitrogen and oxygen atoms in total. The van der Waals surface area contributed by atoms with Crippen molar-refractivity contribution in [1.82, 2.24) is 35.3 Å². The fraction of sp³-hybridized carbons (Fsp3) is 0.591. The van der Waals surface area contributed by atoms with Gasteiger partial charge in [0.05, 0.1) is 39.0 Å². The van der Waals surface area contributed by atoms with Crippen molar-refractivity contribution in [2.45, 2.75) is 115 Å². The number of likely N-dealkylation sites (tertiary alicyclic amines) is 2. The van der Waals surface area contributed by atoms with Crippen LogP contribution >= 0.6 is 0 Å². The van der Waals surface area contributed by atoms with Crippen molar-refractivity contribution < 1.29 is 28.7 Å². The molecule has 0 radical (unpaired) electrons. The molecular formula is C44H56N8O6. The number of carbonyl (C=O) groups excluding carboxylic acids is 4. The van der Waals surface area contributed by atoms with E-state index in [-0.39, 0.29) is 41.9 Å². The van der Waals surface area contributed by atoms with Crippen LogP contribution in [0.3, 0.4) is 0 Å². The summed E-state index contributed by atoms with van der Waals surface area (Å²) in [6.45, 7) is 9.45. The number of likely N-dealkylation sites (N-methyl/N-ethyl adjacent to an activating group) is 1. The molecule has 3 N–H and O–H groups in total. The number of imidazole rings is 1. The van der Waals surface area contributed by atoms with Gasteiger partial charge in [-0.1, -0.05) is 39.5 Å². The molecule has 1 saturated carbocycles. The number of hydrogen-bond acceptors (Lipinski definition) is 9. The molecule has 14 heteroatoms. The van der Waals surface area contributed by atoms with Crippen LogP contribution in [0.2, 0.25) is 0 Å². The number of aliphatic imine (C=N–C) groups is 1. The molecule has 7 rings (SSSR count). The quantitative estimate of drug-likeness (QED) is 0.326. The Morgan fingerprint density at radius 1 is 0.793 bits per heavy atom. The molecule has 2 saturated heterocycles. The van der Waals surface area contributed by atoms with Gasteiger partial charge >= 0.3 is 12.2 Å². The number of carbonyl (C=O) groups is 4. The highest BCUT2D eigenvalue weighted by Crippen LogP contribution is 2.55. The van der Waals surface area contributed by atoms with Crippen molar-refractivity contribution in [2.75, 3.05) is 40.9 Å². The molecule has 308 valence electrons. The van der Waals surface area contributed by atoms with Crippen molar-refractivity contribution >= 4 is 29.7 Å². The third-order valence-electron chi connectivity index (χ3n) is 12.5. The molecule has 2 aromatic rings. The molecule has 58 heavy (non-hydrogen) atoms. The van der Waals surface area contributed by atoms with Crippen LogP contribution in [0.25, 0.3) is 0 Å². The van der Waals surface area contributed by atoms with Crippen LogP contribution in [0.15, 0.2) is 23.3 Å². The van der Waals surface area contributed by atoms with Crippen LogP contribution in [0.5, 0.6) is 0 Å². The maximum absolute atomic E-state index is 13.7. The first kappa shape index (κ1) is 40.8. The monoisotopic (exact) mass is 792 g/mol. The first-order valence-electron chi connectivity index (χ1n) is 20.7. The number of methoxy groups -OCH3 is 2. The van der Waals surface area contributed by atoms with E-state index in [0.29, 0.717) is 43.0 Å². The van der Waals surface area contributed by atoms with Gasteiger partial charge in [0, 0.05) is 24.2 Å². The topological polar surface area (TPSA) is 162 Å². The Bertz CT molecular complexity index is 2090. The minimum atomic E-state index is -0.696. The van der Waals surface area contributed by atoms with Crippen LogP contribution in [-0.2, 0) is 19.1 Å². The molecule has 1 aromatic carbocycles. The first-order chi connectivity index (χ1) is 27.9. The van der Waals surface area contributed by atoms with Crippen LogP contribution in [0.4, 0.5) is 9.59 Å². The zero-order valence-corrected chi connectivity index (χ0v) is 34.7. The fourth-order valence-electron chi connectivity index (χ4n) is 9.61. The summed E-state index contributed by atoms with van der Waals surface area (Å²) in [7, 11) is 4.62. The second-order valence-electron chi connectivity index (χ2n) is 16.9. The number of amides is 4. The third-order valence-corrected chi connectivity index (χ3v) is 12.5. The predicted molar refractivity (Wildman–Crippen MR) is 218 cm³/mol. The number of ether oxygens (including phenoxy) is 2. The van der Waals surface area contributed by atoms with Gasteiger partial charge in [0.25, 0.3) is 0 Å². The zero-order chi connectivity index (χ0) is 41.2. The second-order valence-corrected chi connectivity index (χ2v) is 16.9. The lowest BCUT2D eigenvalue weighted by atomic mass is 9.85. The van der Waals surface area contributed by atoms with E-state index in [4.69, 9.17) is 14.5 Å². The minimum absolute atomic E-state index is 0.0961. The SMILES string of the molecule is COC(=O)NC(C(=O)N1CCCC1c1ncc(C#Cc2ccc(C#CC3=NC(C4CCCN4C(=O)C(NC(=O)OC)C(C)C)N(C)C3)c3c2C2CCC3C2)[nH]1)C(C)C. The Balaban J connectivity index is 1.07. The fourth-order valence-corrected chi connectivity index (χ4v) is 9.61. The normalized spacial score (nSPS) is 24.4. The highest BCUT2D eigenvalue weighted by Gasteiger charge is 2.43. The molecule has 4 heterocycles. The lowest BCUT2D eigenvalue weighted by molar-refractivity contribution is -0.136. The number of rotatable bonds is 8. The number of hydrogen-bond donors (Lipinski definition) is 3. The maximum Gasteiger partial charge on any atom is 0.407 e. The van der Waals surface area contributed by atoms with Gasteiger partial charge in [0.2, 0.25) is 11.8 Å². The van der Waals surface area contributed by atoms with Crippen LogP contribution in [-0.4, -0.2) is 120 Å². The number of alkyl carbamates (subject to hydrolysis) is 2. The van der Waals surface area contributed by atoms with Crippen LogP contribution < -0.4 is 10.6 Å². The number of nitrogens with one attached hydrogen (secondary N) is 3. The van der Waals surface area contributed by atoms with E-state index in [1.165, 1.54) is 25.3 Å². The summed E-state index contributed by atoms with van der Waals surface area (Å²) in [4.78, 5) is 70.3. The summed E-state index contributed by atoms with van der Waals surface area (Å²) in [5.74, 6) is 14.8. The molecule has 2 bridgehead atoms. The molecule has 4 amide bonds. The summed E-state index contributed by atoms with van der Waals surface area (Å²) in [5, 5.41) is 5.43. The molecule has 5 aliphatic rings. The van der Waals surface area contributed by atoms with Crippen molar-refractivity contribution in [3.63, 3.8) is 0 Å². The standard InChI is InChI=1S/C44H56N8O6/c1-25(2)37(48-43(55)57-6)41(53)51-20-8-10-33(51)39-45-23-31(46-39)18-16-27-12-13-28(36-30-15-14-29(22-30)35(27)36)17-19-32-24-50(5)40(47-32)34-11-9-21-52(34)42(54)38(26(3)4)49-44(56)58-7/h12-13,23,25-26,29-30,33-34,37-38,40H,8-11,14-15,20-22,24H2,1-7H3,(H,45,46)(H,48,55)(H,49,56). The summed E-state index contributed by atoms with van der Waals surface area (Å²) in [6.07, 6.45) is 7.02. The van der Waals surface area contributed by atoms with E-state index in [9.17, 15) is 19.2 Å². The van der Waals surface area contributed by atoms with Crippen molar-refractivity contribution in [3.8, 4) is 23.7 Å². The smallest absolute Gasteiger partial charge is 0.407 e. The van der Waals surface area contributed by atoms with Crippen molar-refractivity contribution in [2.24, 2.45) is 16.8 Å². The molecular weight excluding hydrogens is 737 g/mol. The number of aromatic nitrogens is 2. The number of nitrogens with zero attached hydrogens (tertiary/aromatic N) is 5. The average molecular weight is 793 g/mol. The minimum Gasteiger partial charge on any atom is -0.453 e. The number of fused-ring (bicyclic) bond motifs is 5. The van der Waals surface area contributed by atoms with Gasteiger partial charge in [-0.15, -0.1) is 0 Å². The average Bonchev–Trinajstić information content (AvgIpc) is 4.07. The molecule has 2 aliphatic carbocycles. The van der Waals surface area contributed by atoms with Gasteiger partial charge in [0.15, 0.2) is 0 Å². The Hall–Kier alpha value is -5.34. The molecule has 3 aliphatic heterocycles. The Labute approximate surface area is 341 Å². The van der Waals surface area contributed by atoms with E-state index in [1.54, 1.807) is 11.1 Å². The Kier molecular flexibility index (Phi) is 12.1.